The van der Waals surface area contributed by atoms with Crippen LogP contribution in [0.1, 0.15) is 29.4 Å². The van der Waals surface area contributed by atoms with Crippen LogP contribution in [0.25, 0.3) is 11.1 Å². The Kier molecular flexibility index (Phi) is 4.09. The molecule has 3 aromatic heterocycles. The Morgan fingerprint density at radius 3 is 3.00 bits per heavy atom. The zero-order chi connectivity index (χ0) is 16.0. The number of halogens is 2. The normalized spacial score (nSPS) is 20.7. The summed E-state index contributed by atoms with van der Waals surface area (Å²) >= 11 is 11.5. The number of rotatable bonds is 4. The van der Waals surface area contributed by atoms with Crippen molar-refractivity contribution >= 4 is 55.7 Å². The molecule has 1 fully saturated rings. The van der Waals surface area contributed by atoms with Crippen LogP contribution in [0.3, 0.4) is 0 Å². The van der Waals surface area contributed by atoms with Crippen molar-refractivity contribution in [2.45, 2.75) is 31.3 Å². The predicted molar refractivity (Wildman–Crippen MR) is 98.3 cm³/mol. The minimum atomic E-state index is 0.157. The quantitative estimate of drug-likeness (QED) is 0.584. The lowest BCUT2D eigenvalue weighted by Crippen LogP contribution is -2.37. The molecule has 23 heavy (non-hydrogen) atoms. The van der Waals surface area contributed by atoms with Crippen molar-refractivity contribution in [3.8, 4) is 0 Å². The van der Waals surface area contributed by atoms with Gasteiger partial charge in [0, 0.05) is 29.4 Å². The molecule has 1 aliphatic rings. The van der Waals surface area contributed by atoms with Gasteiger partial charge in [-0.05, 0) is 40.2 Å². The topological polar surface area (TPSA) is 64.1 Å². The number of fused-ring (bicyclic) bond motifs is 1. The molecule has 0 aliphatic heterocycles. The second kappa shape index (κ2) is 6.09. The lowest BCUT2D eigenvalue weighted by Gasteiger charge is -2.31. The third-order valence-electron chi connectivity index (χ3n) is 4.28. The largest absolute Gasteiger partial charge is 0.456 e. The van der Waals surface area contributed by atoms with E-state index in [0.717, 1.165) is 46.4 Å². The SMILES string of the molecule is N[C@H]1CC[C@H]1c1oc2c(NCc3cccs3)cc(Cl)nc2c1Br. The standard InChI is InChI=1S/C16H15BrClN3OS/c17-13-14-16(22-15(13)9-3-4-10(9)19)11(6-12(18)21-14)20-7-8-2-1-5-23-8/h1-2,5-6,9-10H,3-4,7,19H2,(H,20,21)/t9-,10+/m1/s1. The van der Waals surface area contributed by atoms with Gasteiger partial charge in [0.15, 0.2) is 5.58 Å². The molecular formula is C16H15BrClN3OS. The lowest BCUT2D eigenvalue weighted by molar-refractivity contribution is 0.301. The van der Waals surface area contributed by atoms with E-state index >= 15 is 0 Å². The molecule has 1 saturated carbocycles. The van der Waals surface area contributed by atoms with Crippen LogP contribution in [-0.2, 0) is 6.54 Å². The number of furan rings is 1. The molecule has 0 unspecified atom stereocenters. The monoisotopic (exact) mass is 411 g/mol. The van der Waals surface area contributed by atoms with E-state index in [0.29, 0.717) is 5.15 Å². The number of hydrogen-bond acceptors (Lipinski definition) is 5. The Morgan fingerprint density at radius 2 is 2.35 bits per heavy atom. The van der Waals surface area contributed by atoms with E-state index < -0.39 is 0 Å². The Balaban J connectivity index is 1.73. The first-order chi connectivity index (χ1) is 11.1. The summed E-state index contributed by atoms with van der Waals surface area (Å²) in [6.45, 7) is 0.726. The van der Waals surface area contributed by atoms with E-state index in [4.69, 9.17) is 21.8 Å². The number of pyridine rings is 1. The Morgan fingerprint density at radius 1 is 1.48 bits per heavy atom. The summed E-state index contributed by atoms with van der Waals surface area (Å²) < 4.78 is 6.99. The van der Waals surface area contributed by atoms with Crippen molar-refractivity contribution in [1.29, 1.82) is 0 Å². The van der Waals surface area contributed by atoms with Crippen molar-refractivity contribution in [2.75, 3.05) is 5.32 Å². The van der Waals surface area contributed by atoms with Gasteiger partial charge in [0.1, 0.15) is 16.4 Å². The molecule has 7 heteroatoms. The fourth-order valence-electron chi connectivity index (χ4n) is 2.84. The summed E-state index contributed by atoms with van der Waals surface area (Å²) in [5.74, 6) is 1.13. The van der Waals surface area contributed by atoms with Gasteiger partial charge in [0.25, 0.3) is 0 Å². The first-order valence-electron chi connectivity index (χ1n) is 7.43. The molecule has 0 spiro atoms. The summed E-state index contributed by atoms with van der Waals surface area (Å²) in [6.07, 6.45) is 2.08. The number of hydrogen-bond donors (Lipinski definition) is 2. The van der Waals surface area contributed by atoms with Crippen LogP contribution in [0.4, 0.5) is 5.69 Å². The predicted octanol–water partition coefficient (Wildman–Crippen LogP) is 5.12. The summed E-state index contributed by atoms with van der Waals surface area (Å²) in [4.78, 5) is 5.66. The van der Waals surface area contributed by atoms with E-state index in [9.17, 15) is 0 Å². The van der Waals surface area contributed by atoms with Gasteiger partial charge in [-0.3, -0.25) is 0 Å². The van der Waals surface area contributed by atoms with Crippen LogP contribution in [0, 0.1) is 0 Å². The number of anilines is 1. The molecule has 2 atom stereocenters. The summed E-state index contributed by atoms with van der Waals surface area (Å²) in [5.41, 5.74) is 8.43. The maximum atomic E-state index is 6.19. The van der Waals surface area contributed by atoms with E-state index in [1.807, 2.05) is 6.07 Å². The van der Waals surface area contributed by atoms with Gasteiger partial charge in [0.2, 0.25) is 0 Å². The second-order valence-corrected chi connectivity index (χ2v) is 7.94. The molecule has 0 amide bonds. The molecule has 0 bridgehead atoms. The third kappa shape index (κ3) is 2.78. The zero-order valence-electron chi connectivity index (χ0n) is 12.2. The highest BCUT2D eigenvalue weighted by atomic mass is 79.9. The first kappa shape index (κ1) is 15.4. The minimum Gasteiger partial charge on any atom is -0.456 e. The first-order valence-corrected chi connectivity index (χ1v) is 9.49. The number of aromatic nitrogens is 1. The summed E-state index contributed by atoms with van der Waals surface area (Å²) in [5, 5.41) is 5.90. The van der Waals surface area contributed by atoms with Crippen molar-refractivity contribution in [3.63, 3.8) is 0 Å². The van der Waals surface area contributed by atoms with Gasteiger partial charge >= 0.3 is 0 Å². The lowest BCUT2D eigenvalue weighted by atomic mass is 9.79. The highest BCUT2D eigenvalue weighted by Crippen LogP contribution is 2.44. The second-order valence-electron chi connectivity index (χ2n) is 5.73. The minimum absolute atomic E-state index is 0.157. The highest BCUT2D eigenvalue weighted by molar-refractivity contribution is 9.10. The molecule has 1 aliphatic carbocycles. The van der Waals surface area contributed by atoms with Crippen LogP contribution in [-0.4, -0.2) is 11.0 Å². The van der Waals surface area contributed by atoms with Crippen molar-refractivity contribution in [1.82, 2.24) is 4.98 Å². The van der Waals surface area contributed by atoms with E-state index in [1.54, 1.807) is 17.4 Å². The van der Waals surface area contributed by atoms with Gasteiger partial charge < -0.3 is 15.5 Å². The maximum Gasteiger partial charge on any atom is 0.177 e. The molecule has 3 N–H and O–H groups in total. The maximum absolute atomic E-state index is 6.19. The van der Waals surface area contributed by atoms with Gasteiger partial charge in [-0.15, -0.1) is 11.3 Å². The number of nitrogens with zero attached hydrogens (tertiary/aromatic N) is 1. The van der Waals surface area contributed by atoms with Gasteiger partial charge in [-0.25, -0.2) is 4.98 Å². The van der Waals surface area contributed by atoms with Crippen LogP contribution < -0.4 is 11.1 Å². The average Bonchev–Trinajstić information content (AvgIpc) is 3.14. The van der Waals surface area contributed by atoms with Crippen LogP contribution >= 0.6 is 38.9 Å². The summed E-state index contributed by atoms with van der Waals surface area (Å²) in [7, 11) is 0. The molecule has 3 aromatic rings. The molecule has 0 radical (unpaired) electrons. The number of nitrogens with one attached hydrogen (secondary N) is 1. The van der Waals surface area contributed by atoms with Crippen LogP contribution in [0.5, 0.6) is 0 Å². The fraction of sp³-hybridized carbons (Fsp3) is 0.312. The van der Waals surface area contributed by atoms with Crippen LogP contribution in [0.15, 0.2) is 32.5 Å². The van der Waals surface area contributed by atoms with E-state index in [-0.39, 0.29) is 12.0 Å². The Bertz CT molecular complexity index is 849. The van der Waals surface area contributed by atoms with Gasteiger partial charge in [0.05, 0.1) is 10.2 Å². The molecule has 3 heterocycles. The summed E-state index contributed by atoms with van der Waals surface area (Å²) in [6, 6.07) is 6.09. The smallest absolute Gasteiger partial charge is 0.177 e. The fourth-order valence-corrected chi connectivity index (χ4v) is 4.32. The van der Waals surface area contributed by atoms with Crippen molar-refractivity contribution in [3.05, 3.63) is 43.8 Å². The molecule has 120 valence electrons. The number of nitrogens with two attached hydrogens (primary N) is 1. The Hall–Kier alpha value is -1.08. The molecule has 0 saturated heterocycles. The van der Waals surface area contributed by atoms with E-state index in [2.05, 4.69) is 37.7 Å². The molecule has 0 aromatic carbocycles. The average molecular weight is 413 g/mol. The molecule has 4 nitrogen and oxygen atoms in total. The van der Waals surface area contributed by atoms with Crippen LogP contribution in [0.2, 0.25) is 5.15 Å². The van der Waals surface area contributed by atoms with E-state index in [1.165, 1.54) is 4.88 Å². The molecular weight excluding hydrogens is 398 g/mol. The number of thiophene rings is 1. The third-order valence-corrected chi connectivity index (χ3v) is 6.11. The van der Waals surface area contributed by atoms with Gasteiger partial charge in [-0.1, -0.05) is 17.7 Å². The highest BCUT2D eigenvalue weighted by Gasteiger charge is 2.34. The molecule has 4 rings (SSSR count). The Labute approximate surface area is 151 Å². The zero-order valence-corrected chi connectivity index (χ0v) is 15.3. The van der Waals surface area contributed by atoms with Crippen molar-refractivity contribution in [2.24, 2.45) is 5.73 Å². The van der Waals surface area contributed by atoms with Crippen molar-refractivity contribution < 1.29 is 4.42 Å². The van der Waals surface area contributed by atoms with Gasteiger partial charge in [-0.2, -0.15) is 0 Å².